The van der Waals surface area contributed by atoms with Crippen molar-refractivity contribution in [2.24, 2.45) is 0 Å². The summed E-state index contributed by atoms with van der Waals surface area (Å²) in [5.41, 5.74) is 5.30. The fraction of sp³-hybridized carbons (Fsp3) is 0.120. The number of hydrogen-bond acceptors (Lipinski definition) is 3. The Labute approximate surface area is 174 Å². The number of benzene rings is 3. The number of fused-ring (bicyclic) bond motifs is 3. The van der Waals surface area contributed by atoms with E-state index in [0.717, 1.165) is 11.1 Å². The van der Waals surface area contributed by atoms with Crippen molar-refractivity contribution in [2.75, 3.05) is 13.2 Å². The largest absolute Gasteiger partial charge is 0.449 e. The molecule has 4 rings (SSSR count). The number of carbonyl (C=O) groups excluding carboxylic acids is 2. The first-order valence-corrected chi connectivity index (χ1v) is 9.67. The molecule has 0 aromatic heterocycles. The van der Waals surface area contributed by atoms with E-state index >= 15 is 0 Å². The first kappa shape index (κ1) is 19.6. The van der Waals surface area contributed by atoms with E-state index in [1.165, 1.54) is 23.3 Å². The number of rotatable bonds is 6. The minimum atomic E-state index is -0.573. The average Bonchev–Trinajstić information content (AvgIpc) is 3.09. The van der Waals surface area contributed by atoms with Crippen LogP contribution in [0.3, 0.4) is 0 Å². The highest BCUT2D eigenvalue weighted by atomic mass is 19.1. The zero-order chi connectivity index (χ0) is 20.9. The second-order valence-corrected chi connectivity index (χ2v) is 7.01. The van der Waals surface area contributed by atoms with Crippen LogP contribution in [0.5, 0.6) is 0 Å². The number of aldehydes is 1. The molecular weight excluding hydrogens is 381 g/mol. The highest BCUT2D eigenvalue weighted by Crippen LogP contribution is 2.44. The van der Waals surface area contributed by atoms with Crippen molar-refractivity contribution in [3.63, 3.8) is 0 Å². The van der Waals surface area contributed by atoms with Crippen molar-refractivity contribution in [3.8, 4) is 11.1 Å². The highest BCUT2D eigenvalue weighted by molar-refractivity contribution is 5.79. The van der Waals surface area contributed by atoms with Gasteiger partial charge in [0, 0.05) is 12.5 Å². The minimum absolute atomic E-state index is 0.0120. The average molecular weight is 401 g/mol. The molecule has 0 bridgehead atoms. The molecule has 1 amide bonds. The number of alkyl carbamates (subject to hydrolysis) is 1. The Morgan fingerprint density at radius 1 is 1.00 bits per heavy atom. The fourth-order valence-corrected chi connectivity index (χ4v) is 3.73. The molecule has 150 valence electrons. The molecule has 0 fully saturated rings. The Bertz CT molecular complexity index is 1080. The van der Waals surface area contributed by atoms with Crippen LogP contribution in [0.15, 0.2) is 72.8 Å². The lowest BCUT2D eigenvalue weighted by molar-refractivity contribution is 0.111. The highest BCUT2D eigenvalue weighted by Gasteiger charge is 2.28. The zero-order valence-electron chi connectivity index (χ0n) is 16.2. The Morgan fingerprint density at radius 3 is 2.30 bits per heavy atom. The summed E-state index contributed by atoms with van der Waals surface area (Å²) < 4.78 is 19.1. The maximum absolute atomic E-state index is 13.6. The second-order valence-electron chi connectivity index (χ2n) is 7.01. The molecule has 0 atom stereocenters. The Hall–Kier alpha value is -3.73. The summed E-state index contributed by atoms with van der Waals surface area (Å²) in [6, 6.07) is 20.6. The van der Waals surface area contributed by atoms with E-state index in [1.54, 1.807) is 18.2 Å². The SMILES string of the molecule is O=Cc1ccc(C=CCNC(=O)OCC2c3ccccc3-c3ccccc32)cc1F. The topological polar surface area (TPSA) is 55.4 Å². The summed E-state index contributed by atoms with van der Waals surface area (Å²) in [7, 11) is 0. The van der Waals surface area contributed by atoms with Crippen molar-refractivity contribution in [3.05, 3.63) is 101 Å². The van der Waals surface area contributed by atoms with Gasteiger partial charge in [-0.25, -0.2) is 9.18 Å². The van der Waals surface area contributed by atoms with E-state index in [2.05, 4.69) is 29.6 Å². The summed E-state index contributed by atoms with van der Waals surface area (Å²) in [4.78, 5) is 22.8. The monoisotopic (exact) mass is 401 g/mol. The predicted molar refractivity (Wildman–Crippen MR) is 114 cm³/mol. The van der Waals surface area contributed by atoms with Crippen LogP contribution >= 0.6 is 0 Å². The van der Waals surface area contributed by atoms with Gasteiger partial charge in [-0.1, -0.05) is 66.7 Å². The molecule has 0 radical (unpaired) electrons. The lowest BCUT2D eigenvalue weighted by Crippen LogP contribution is -2.26. The fourth-order valence-electron chi connectivity index (χ4n) is 3.73. The third-order valence-corrected chi connectivity index (χ3v) is 5.17. The van der Waals surface area contributed by atoms with E-state index in [1.807, 2.05) is 24.3 Å². The molecule has 0 unspecified atom stereocenters. The Kier molecular flexibility index (Phi) is 5.70. The van der Waals surface area contributed by atoms with Gasteiger partial charge in [0.1, 0.15) is 12.4 Å². The molecule has 1 aliphatic carbocycles. The van der Waals surface area contributed by atoms with Gasteiger partial charge in [0.05, 0.1) is 5.56 Å². The van der Waals surface area contributed by atoms with E-state index in [0.29, 0.717) is 11.8 Å². The predicted octanol–water partition coefficient (Wildman–Crippen LogP) is 5.19. The van der Waals surface area contributed by atoms with E-state index < -0.39 is 11.9 Å². The molecule has 3 aromatic carbocycles. The Balaban J connectivity index is 1.32. The molecule has 1 aliphatic rings. The van der Waals surface area contributed by atoms with Gasteiger partial charge >= 0.3 is 6.09 Å². The van der Waals surface area contributed by atoms with Crippen LogP contribution in [0.4, 0.5) is 9.18 Å². The van der Waals surface area contributed by atoms with E-state index in [9.17, 15) is 14.0 Å². The van der Waals surface area contributed by atoms with Crippen LogP contribution in [0.1, 0.15) is 33.0 Å². The van der Waals surface area contributed by atoms with Gasteiger partial charge in [-0.15, -0.1) is 0 Å². The molecule has 3 aromatic rings. The number of ether oxygens (including phenoxy) is 1. The van der Waals surface area contributed by atoms with Crippen LogP contribution in [0.2, 0.25) is 0 Å². The molecule has 30 heavy (non-hydrogen) atoms. The van der Waals surface area contributed by atoms with Crippen molar-refractivity contribution < 1.29 is 18.7 Å². The van der Waals surface area contributed by atoms with Gasteiger partial charge in [0.2, 0.25) is 0 Å². The standard InChI is InChI=1S/C25H20FNO3/c26-24-14-17(11-12-18(24)15-28)6-5-13-27-25(29)30-16-23-21-9-3-1-7-19(21)20-8-2-4-10-22(20)23/h1-12,14-15,23H,13,16H2,(H,27,29). The van der Waals surface area contributed by atoms with Crippen LogP contribution in [-0.4, -0.2) is 25.5 Å². The maximum Gasteiger partial charge on any atom is 0.407 e. The number of nitrogens with one attached hydrogen (secondary N) is 1. The lowest BCUT2D eigenvalue weighted by Gasteiger charge is -2.14. The normalized spacial score (nSPS) is 12.4. The molecule has 5 heteroatoms. The van der Waals surface area contributed by atoms with Gasteiger partial charge in [-0.2, -0.15) is 0 Å². The van der Waals surface area contributed by atoms with Crippen molar-refractivity contribution >= 4 is 18.5 Å². The van der Waals surface area contributed by atoms with Crippen LogP contribution in [0, 0.1) is 5.82 Å². The maximum atomic E-state index is 13.6. The van der Waals surface area contributed by atoms with Gasteiger partial charge in [-0.3, -0.25) is 4.79 Å². The van der Waals surface area contributed by atoms with Crippen LogP contribution in [0.25, 0.3) is 17.2 Å². The molecule has 4 nitrogen and oxygen atoms in total. The summed E-state index contributed by atoms with van der Waals surface area (Å²) in [5, 5.41) is 2.66. The number of hydrogen-bond donors (Lipinski definition) is 1. The van der Waals surface area contributed by atoms with Gasteiger partial charge in [0.15, 0.2) is 6.29 Å². The quantitative estimate of drug-likeness (QED) is 0.579. The number of amides is 1. The Morgan fingerprint density at radius 2 is 1.67 bits per heavy atom. The summed E-state index contributed by atoms with van der Waals surface area (Å²) in [6.07, 6.45) is 3.32. The van der Waals surface area contributed by atoms with Crippen molar-refractivity contribution in [1.29, 1.82) is 0 Å². The summed E-state index contributed by atoms with van der Waals surface area (Å²) in [5.74, 6) is -0.561. The van der Waals surface area contributed by atoms with Gasteiger partial charge < -0.3 is 10.1 Å². The number of carbonyl (C=O) groups is 2. The molecular formula is C25H20FNO3. The third kappa shape index (κ3) is 4.01. The van der Waals surface area contributed by atoms with Crippen LogP contribution in [-0.2, 0) is 4.74 Å². The van der Waals surface area contributed by atoms with Gasteiger partial charge in [0.25, 0.3) is 0 Å². The zero-order valence-corrected chi connectivity index (χ0v) is 16.2. The van der Waals surface area contributed by atoms with E-state index in [4.69, 9.17) is 4.74 Å². The molecule has 0 spiro atoms. The molecule has 0 saturated heterocycles. The summed E-state index contributed by atoms with van der Waals surface area (Å²) >= 11 is 0. The molecule has 1 N–H and O–H groups in total. The number of halogens is 1. The smallest absolute Gasteiger partial charge is 0.407 e. The second kappa shape index (κ2) is 8.74. The minimum Gasteiger partial charge on any atom is -0.449 e. The van der Waals surface area contributed by atoms with Crippen LogP contribution < -0.4 is 5.32 Å². The van der Waals surface area contributed by atoms with Gasteiger partial charge in [-0.05, 0) is 39.9 Å². The molecule has 0 saturated carbocycles. The van der Waals surface area contributed by atoms with E-state index in [-0.39, 0.29) is 24.6 Å². The summed E-state index contributed by atoms with van der Waals surface area (Å²) in [6.45, 7) is 0.496. The lowest BCUT2D eigenvalue weighted by atomic mass is 9.98. The van der Waals surface area contributed by atoms with Crippen molar-refractivity contribution in [1.82, 2.24) is 5.32 Å². The molecule has 0 aliphatic heterocycles. The van der Waals surface area contributed by atoms with Crippen molar-refractivity contribution in [2.45, 2.75) is 5.92 Å². The first-order valence-electron chi connectivity index (χ1n) is 9.67. The third-order valence-electron chi connectivity index (χ3n) is 5.17. The first-order chi connectivity index (χ1) is 14.7. The molecule has 0 heterocycles.